The van der Waals surface area contributed by atoms with E-state index in [-0.39, 0.29) is 12.4 Å². The summed E-state index contributed by atoms with van der Waals surface area (Å²) in [5.41, 5.74) is 6.48. The number of aliphatic hydroxyl groups is 1. The first-order valence-corrected chi connectivity index (χ1v) is 13.1. The molecule has 2 heterocycles. The molecule has 0 aliphatic carbocycles. The van der Waals surface area contributed by atoms with Crippen LogP contribution in [0, 0.1) is 0 Å². The van der Waals surface area contributed by atoms with Crippen molar-refractivity contribution in [1.82, 2.24) is 9.55 Å². The molecule has 214 valence electrons. The Bertz CT molecular complexity index is 1450. The smallest absolute Gasteiger partial charge is 0.351 e. The van der Waals surface area contributed by atoms with Gasteiger partial charge in [-0.15, -0.1) is 0 Å². The molecule has 4 atom stereocenters. The molecule has 1 aliphatic heterocycles. The SMILES string of the molecule is COc1ccc(C(OCC2OC(n3ccc(N)nc3=O)C(OC)C2O)(c2ccccc2)c2ccc(OC)cc2)cc1. The number of nitrogens with zero attached hydrogens (tertiary/aromatic N) is 2. The van der Waals surface area contributed by atoms with Gasteiger partial charge in [0, 0.05) is 13.3 Å². The Hall–Kier alpha value is -4.22. The lowest BCUT2D eigenvalue weighted by Gasteiger charge is -2.37. The molecule has 0 bridgehead atoms. The molecule has 0 amide bonds. The van der Waals surface area contributed by atoms with Crippen molar-refractivity contribution >= 4 is 5.82 Å². The number of hydrogen-bond acceptors (Lipinski definition) is 9. The summed E-state index contributed by atoms with van der Waals surface area (Å²) in [6.07, 6.45) is -2.25. The number of nitrogen functional groups attached to an aromatic ring is 1. The van der Waals surface area contributed by atoms with Gasteiger partial charge in [0.15, 0.2) is 6.23 Å². The second-order valence-electron chi connectivity index (χ2n) is 9.61. The van der Waals surface area contributed by atoms with Crippen LogP contribution >= 0.6 is 0 Å². The van der Waals surface area contributed by atoms with Crippen molar-refractivity contribution in [3.8, 4) is 11.5 Å². The molecule has 1 saturated heterocycles. The van der Waals surface area contributed by atoms with Gasteiger partial charge in [0.05, 0.1) is 20.8 Å². The predicted octanol–water partition coefficient (Wildman–Crippen LogP) is 3.12. The molecule has 3 aromatic carbocycles. The lowest BCUT2D eigenvalue weighted by molar-refractivity contribution is -0.0966. The molecule has 10 nitrogen and oxygen atoms in total. The minimum atomic E-state index is -1.11. The van der Waals surface area contributed by atoms with E-state index < -0.39 is 35.8 Å². The summed E-state index contributed by atoms with van der Waals surface area (Å²) in [7, 11) is 4.68. The quantitative estimate of drug-likeness (QED) is 0.282. The summed E-state index contributed by atoms with van der Waals surface area (Å²) >= 11 is 0. The lowest BCUT2D eigenvalue weighted by Crippen LogP contribution is -2.40. The van der Waals surface area contributed by atoms with Crippen LogP contribution in [0.1, 0.15) is 22.9 Å². The summed E-state index contributed by atoms with van der Waals surface area (Å²) < 4.78 is 30.7. The highest BCUT2D eigenvalue weighted by molar-refractivity contribution is 5.49. The van der Waals surface area contributed by atoms with Crippen molar-refractivity contribution < 1.29 is 28.8 Å². The van der Waals surface area contributed by atoms with Gasteiger partial charge in [-0.3, -0.25) is 4.57 Å². The topological polar surface area (TPSA) is 127 Å². The Labute approximate surface area is 237 Å². The minimum absolute atomic E-state index is 0.0400. The molecule has 1 aromatic heterocycles. The Morgan fingerprint density at radius 1 is 0.878 bits per heavy atom. The molecule has 1 aliphatic rings. The van der Waals surface area contributed by atoms with Crippen molar-refractivity contribution in [2.24, 2.45) is 0 Å². The Morgan fingerprint density at radius 2 is 1.44 bits per heavy atom. The Kier molecular flexibility index (Phi) is 8.36. The monoisotopic (exact) mass is 559 g/mol. The summed E-state index contributed by atoms with van der Waals surface area (Å²) in [5.74, 6) is 1.49. The normalized spacial score (nSPS) is 20.6. The number of aliphatic hydroxyl groups excluding tert-OH is 1. The lowest BCUT2D eigenvalue weighted by atomic mass is 9.80. The van der Waals surface area contributed by atoms with E-state index in [9.17, 15) is 9.90 Å². The van der Waals surface area contributed by atoms with Crippen molar-refractivity contribution in [3.05, 3.63) is 118 Å². The average Bonchev–Trinajstić information content (AvgIpc) is 3.33. The summed E-state index contributed by atoms with van der Waals surface area (Å²) in [5, 5.41) is 11.2. The molecule has 3 N–H and O–H groups in total. The zero-order chi connectivity index (χ0) is 29.0. The van der Waals surface area contributed by atoms with E-state index in [0.29, 0.717) is 11.5 Å². The molecule has 41 heavy (non-hydrogen) atoms. The number of aromatic nitrogens is 2. The number of benzene rings is 3. The number of nitrogens with two attached hydrogens (primary N) is 1. The van der Waals surface area contributed by atoms with Gasteiger partial charge < -0.3 is 34.5 Å². The van der Waals surface area contributed by atoms with Crippen molar-refractivity contribution in [3.63, 3.8) is 0 Å². The third-order valence-electron chi connectivity index (χ3n) is 7.35. The molecule has 0 saturated carbocycles. The highest BCUT2D eigenvalue weighted by Gasteiger charge is 2.47. The fourth-order valence-corrected chi connectivity index (χ4v) is 5.24. The zero-order valence-corrected chi connectivity index (χ0v) is 23.0. The maximum absolute atomic E-state index is 12.6. The van der Waals surface area contributed by atoms with Crippen LogP contribution in [0.4, 0.5) is 5.82 Å². The van der Waals surface area contributed by atoms with E-state index in [0.717, 1.165) is 16.7 Å². The predicted molar refractivity (Wildman–Crippen MR) is 152 cm³/mol. The van der Waals surface area contributed by atoms with E-state index in [1.54, 1.807) is 14.2 Å². The molecule has 0 radical (unpaired) electrons. The highest BCUT2D eigenvalue weighted by Crippen LogP contribution is 2.43. The zero-order valence-electron chi connectivity index (χ0n) is 23.0. The maximum Gasteiger partial charge on any atom is 0.351 e. The fourth-order valence-electron chi connectivity index (χ4n) is 5.24. The van der Waals surface area contributed by atoms with Crippen LogP contribution in [0.2, 0.25) is 0 Å². The first-order chi connectivity index (χ1) is 19.9. The van der Waals surface area contributed by atoms with Crippen LogP contribution < -0.4 is 20.9 Å². The standard InChI is InChI=1S/C31H33N3O7/c1-37-23-13-9-21(10-14-23)31(20-7-5-4-6-8-20,22-11-15-24(38-2)16-12-22)40-19-25-27(35)28(39-3)29(41-25)34-18-17-26(32)33-30(34)36/h4-18,25,27-29,35H,19H2,1-3H3,(H2,32,33,36). The third kappa shape index (κ3) is 5.42. The minimum Gasteiger partial charge on any atom is -0.497 e. The molecule has 5 rings (SSSR count). The van der Waals surface area contributed by atoms with Crippen LogP contribution in [0.5, 0.6) is 11.5 Å². The number of rotatable bonds is 10. The van der Waals surface area contributed by atoms with Gasteiger partial charge in [-0.2, -0.15) is 4.98 Å². The van der Waals surface area contributed by atoms with Gasteiger partial charge in [-0.25, -0.2) is 4.79 Å². The average molecular weight is 560 g/mol. The van der Waals surface area contributed by atoms with Crippen LogP contribution in [0.3, 0.4) is 0 Å². The van der Waals surface area contributed by atoms with Crippen molar-refractivity contribution in [1.29, 1.82) is 0 Å². The van der Waals surface area contributed by atoms with E-state index in [2.05, 4.69) is 4.98 Å². The number of methoxy groups -OCH3 is 3. The molecule has 10 heteroatoms. The maximum atomic E-state index is 12.6. The van der Waals surface area contributed by atoms with E-state index >= 15 is 0 Å². The Morgan fingerprint density at radius 3 is 1.95 bits per heavy atom. The molecular formula is C31H33N3O7. The van der Waals surface area contributed by atoms with Gasteiger partial charge >= 0.3 is 5.69 Å². The Balaban J connectivity index is 1.56. The molecule has 0 spiro atoms. The summed E-state index contributed by atoms with van der Waals surface area (Å²) in [6.45, 7) is -0.0400. The number of hydrogen-bond donors (Lipinski definition) is 2. The van der Waals surface area contributed by atoms with E-state index in [4.69, 9.17) is 29.4 Å². The van der Waals surface area contributed by atoms with Crippen LogP contribution in [-0.2, 0) is 19.8 Å². The number of ether oxygens (including phenoxy) is 5. The van der Waals surface area contributed by atoms with Gasteiger partial charge in [0.2, 0.25) is 0 Å². The second-order valence-corrected chi connectivity index (χ2v) is 9.61. The first kappa shape index (κ1) is 28.3. The van der Waals surface area contributed by atoms with Crippen LogP contribution in [0.15, 0.2) is 95.9 Å². The summed E-state index contributed by atoms with van der Waals surface area (Å²) in [4.78, 5) is 16.4. The molecule has 1 fully saturated rings. The summed E-state index contributed by atoms with van der Waals surface area (Å²) in [6, 6.07) is 26.6. The van der Waals surface area contributed by atoms with Gasteiger partial charge in [-0.1, -0.05) is 54.6 Å². The van der Waals surface area contributed by atoms with Gasteiger partial charge in [-0.05, 0) is 47.0 Å². The van der Waals surface area contributed by atoms with Crippen molar-refractivity contribution in [2.45, 2.75) is 30.1 Å². The van der Waals surface area contributed by atoms with Gasteiger partial charge in [0.25, 0.3) is 0 Å². The largest absolute Gasteiger partial charge is 0.497 e. The van der Waals surface area contributed by atoms with Crippen molar-refractivity contribution in [2.75, 3.05) is 33.7 Å². The third-order valence-corrected chi connectivity index (χ3v) is 7.35. The van der Waals surface area contributed by atoms with Crippen LogP contribution in [-0.4, -0.2) is 60.9 Å². The van der Waals surface area contributed by atoms with E-state index in [1.165, 1.54) is 23.9 Å². The van der Waals surface area contributed by atoms with Crippen LogP contribution in [0.25, 0.3) is 0 Å². The first-order valence-electron chi connectivity index (χ1n) is 13.1. The fraction of sp³-hybridized carbons (Fsp3) is 0.290. The molecule has 4 aromatic rings. The molecular weight excluding hydrogens is 526 g/mol. The second kappa shape index (κ2) is 12.1. The highest BCUT2D eigenvalue weighted by atomic mass is 16.6. The number of anilines is 1. The van der Waals surface area contributed by atoms with Gasteiger partial charge in [0.1, 0.15) is 41.2 Å². The molecule has 4 unspecified atom stereocenters. The van der Waals surface area contributed by atoms with E-state index in [1.807, 2.05) is 78.9 Å².